The summed E-state index contributed by atoms with van der Waals surface area (Å²) in [5.41, 5.74) is 2.91. The van der Waals surface area contributed by atoms with E-state index >= 15 is 0 Å². The van der Waals surface area contributed by atoms with Crippen LogP contribution in [-0.2, 0) is 0 Å². The zero-order chi connectivity index (χ0) is 19.3. The molecule has 0 amide bonds. The van der Waals surface area contributed by atoms with Gasteiger partial charge in [-0.25, -0.2) is 0 Å². The average Bonchev–Trinajstić information content (AvgIpc) is 3.33. The molecule has 5 rings (SSSR count). The summed E-state index contributed by atoms with van der Waals surface area (Å²) in [4.78, 5) is 0. The van der Waals surface area contributed by atoms with Crippen molar-refractivity contribution < 1.29 is 14.2 Å². The first-order valence-electron chi connectivity index (χ1n) is 8.56. The number of fused-ring (bicyclic) bond motifs is 2. The second kappa shape index (κ2) is 6.29. The van der Waals surface area contributed by atoms with E-state index in [2.05, 4.69) is 16.3 Å². The Hall–Kier alpha value is -3.50. The number of ether oxygens (including phenoxy) is 3. The maximum Gasteiger partial charge on any atom is 0.244 e. The lowest BCUT2D eigenvalue weighted by Crippen LogP contribution is -2.30. The van der Waals surface area contributed by atoms with Crippen LogP contribution in [0.2, 0.25) is 5.02 Å². The summed E-state index contributed by atoms with van der Waals surface area (Å²) in [6, 6.07) is 15.1. The van der Waals surface area contributed by atoms with Gasteiger partial charge in [-0.3, -0.25) is 10.5 Å². The highest BCUT2D eigenvalue weighted by Gasteiger charge is 2.41. The van der Waals surface area contributed by atoms with Crippen LogP contribution in [-0.4, -0.2) is 22.9 Å². The van der Waals surface area contributed by atoms with Crippen LogP contribution in [0, 0.1) is 22.7 Å². The molecule has 3 aromatic rings. The van der Waals surface area contributed by atoms with E-state index in [1.165, 1.54) is 0 Å². The highest BCUT2D eigenvalue weighted by Crippen LogP contribution is 2.48. The van der Waals surface area contributed by atoms with Gasteiger partial charge in [0.1, 0.15) is 5.92 Å². The third-order valence-corrected chi connectivity index (χ3v) is 5.27. The van der Waals surface area contributed by atoms with Gasteiger partial charge in [-0.1, -0.05) is 35.9 Å². The molecule has 0 bridgehead atoms. The predicted octanol–water partition coefficient (Wildman–Crippen LogP) is 4.10. The third kappa shape index (κ3) is 2.42. The van der Waals surface area contributed by atoms with Gasteiger partial charge in [-0.05, 0) is 23.8 Å². The summed E-state index contributed by atoms with van der Waals surface area (Å²) in [7, 11) is 0. The molecule has 3 heterocycles. The molecule has 138 valence electrons. The number of hydrogen-bond donors (Lipinski definition) is 2. The molecule has 0 spiro atoms. The van der Waals surface area contributed by atoms with Gasteiger partial charge in [0, 0.05) is 16.5 Å². The summed E-state index contributed by atoms with van der Waals surface area (Å²) in [6.45, 7) is 0.159. The van der Waals surface area contributed by atoms with Crippen molar-refractivity contribution in [3.05, 3.63) is 58.6 Å². The van der Waals surface area contributed by atoms with E-state index < -0.39 is 11.8 Å². The molecule has 2 atom stereocenters. The summed E-state index contributed by atoms with van der Waals surface area (Å²) in [6.07, 6.45) is 0. The number of rotatable bonds is 2. The van der Waals surface area contributed by atoms with Crippen molar-refractivity contribution in [1.82, 2.24) is 10.2 Å². The van der Waals surface area contributed by atoms with Crippen molar-refractivity contribution in [1.29, 1.82) is 10.7 Å². The fourth-order valence-corrected chi connectivity index (χ4v) is 3.88. The minimum absolute atomic E-state index is 0.144. The standard InChI is InChI=1S/C20H13ClN4O3/c21-13-4-2-1-3-11(13)18-17-16(10-5-6-14-15(7-10)27-9-26-14)12(8-22)19(23)28-20(17)25-24-18/h1-7,12,16,23H,9H2,(H,24,25). The lowest BCUT2D eigenvalue weighted by Gasteiger charge is -2.28. The summed E-state index contributed by atoms with van der Waals surface area (Å²) >= 11 is 6.40. The van der Waals surface area contributed by atoms with Crippen molar-refractivity contribution >= 4 is 17.5 Å². The molecule has 7 nitrogen and oxygen atoms in total. The first-order chi connectivity index (χ1) is 13.7. The second-order valence-electron chi connectivity index (χ2n) is 6.46. The monoisotopic (exact) mass is 392 g/mol. The van der Waals surface area contributed by atoms with E-state index in [0.29, 0.717) is 27.8 Å². The summed E-state index contributed by atoms with van der Waals surface area (Å²) < 4.78 is 16.4. The average molecular weight is 393 g/mol. The maximum atomic E-state index is 9.78. The van der Waals surface area contributed by atoms with Crippen molar-refractivity contribution in [3.63, 3.8) is 0 Å². The summed E-state index contributed by atoms with van der Waals surface area (Å²) in [5.74, 6) is 0.103. The maximum absolute atomic E-state index is 9.78. The lowest BCUT2D eigenvalue weighted by molar-refractivity contribution is 0.174. The molecular formula is C20H13ClN4O3. The van der Waals surface area contributed by atoms with Gasteiger partial charge >= 0.3 is 0 Å². The van der Waals surface area contributed by atoms with Gasteiger partial charge in [0.2, 0.25) is 18.6 Å². The normalized spacial score (nSPS) is 19.6. The zero-order valence-corrected chi connectivity index (χ0v) is 15.2. The number of H-pyrrole nitrogens is 1. The van der Waals surface area contributed by atoms with Crippen LogP contribution < -0.4 is 14.2 Å². The van der Waals surface area contributed by atoms with Gasteiger partial charge in [-0.15, -0.1) is 5.10 Å². The summed E-state index contributed by atoms with van der Waals surface area (Å²) in [5, 5.41) is 25.7. The van der Waals surface area contributed by atoms with Gasteiger partial charge in [0.25, 0.3) is 0 Å². The molecule has 2 aliphatic heterocycles. The minimum Gasteiger partial charge on any atom is -0.454 e. The molecule has 28 heavy (non-hydrogen) atoms. The Bertz CT molecular complexity index is 1150. The van der Waals surface area contributed by atoms with Crippen molar-refractivity contribution in [3.8, 4) is 34.7 Å². The molecule has 2 aromatic carbocycles. The molecule has 1 aromatic heterocycles. The smallest absolute Gasteiger partial charge is 0.244 e. The Labute approximate surface area is 164 Å². The number of nitrogens with zero attached hydrogens (tertiary/aromatic N) is 2. The van der Waals surface area contributed by atoms with Gasteiger partial charge < -0.3 is 14.2 Å². The van der Waals surface area contributed by atoms with Crippen LogP contribution in [0.4, 0.5) is 0 Å². The Morgan fingerprint density at radius 3 is 2.82 bits per heavy atom. The van der Waals surface area contributed by atoms with Crippen molar-refractivity contribution in [2.75, 3.05) is 6.79 Å². The number of nitrogens with one attached hydrogen (secondary N) is 2. The van der Waals surface area contributed by atoms with Crippen LogP contribution in [0.25, 0.3) is 11.3 Å². The molecule has 0 saturated carbocycles. The van der Waals surface area contributed by atoms with E-state index in [-0.39, 0.29) is 18.6 Å². The Morgan fingerprint density at radius 2 is 2.00 bits per heavy atom. The largest absolute Gasteiger partial charge is 0.454 e. The van der Waals surface area contributed by atoms with Crippen LogP contribution in [0.15, 0.2) is 42.5 Å². The molecule has 0 fully saturated rings. The van der Waals surface area contributed by atoms with E-state index in [1.807, 2.05) is 30.3 Å². The molecule has 2 N–H and O–H groups in total. The van der Waals surface area contributed by atoms with Crippen LogP contribution in [0.5, 0.6) is 17.4 Å². The Morgan fingerprint density at radius 1 is 1.18 bits per heavy atom. The number of aromatic nitrogens is 2. The highest BCUT2D eigenvalue weighted by atomic mass is 35.5. The molecule has 0 radical (unpaired) electrons. The molecule has 2 aliphatic rings. The number of nitriles is 1. The number of benzene rings is 2. The van der Waals surface area contributed by atoms with Gasteiger partial charge in [0.05, 0.1) is 17.3 Å². The van der Waals surface area contributed by atoms with Crippen LogP contribution in [0.1, 0.15) is 17.0 Å². The fourth-order valence-electron chi connectivity index (χ4n) is 3.65. The zero-order valence-electron chi connectivity index (χ0n) is 14.4. The minimum atomic E-state index is -0.813. The topological polar surface area (TPSA) is 104 Å². The Balaban J connectivity index is 1.73. The van der Waals surface area contributed by atoms with E-state index in [0.717, 1.165) is 11.1 Å². The van der Waals surface area contributed by atoms with E-state index in [9.17, 15) is 5.26 Å². The quantitative estimate of drug-likeness (QED) is 0.683. The Kier molecular flexibility index (Phi) is 3.74. The first kappa shape index (κ1) is 16.7. The van der Waals surface area contributed by atoms with E-state index in [4.69, 9.17) is 31.2 Å². The molecule has 0 saturated heterocycles. The van der Waals surface area contributed by atoms with Crippen molar-refractivity contribution in [2.24, 2.45) is 5.92 Å². The number of hydrogen-bond acceptors (Lipinski definition) is 6. The fraction of sp³-hybridized carbons (Fsp3) is 0.150. The van der Waals surface area contributed by atoms with Gasteiger partial charge in [0.15, 0.2) is 11.5 Å². The molecule has 8 heteroatoms. The lowest BCUT2D eigenvalue weighted by atomic mass is 9.78. The van der Waals surface area contributed by atoms with E-state index in [1.54, 1.807) is 12.1 Å². The van der Waals surface area contributed by atoms with Crippen molar-refractivity contribution in [2.45, 2.75) is 5.92 Å². The first-order valence-corrected chi connectivity index (χ1v) is 8.94. The number of halogens is 1. The third-order valence-electron chi connectivity index (χ3n) is 4.94. The SMILES string of the molecule is N#CC1C(=N)Oc2n[nH]c(-c3ccccc3Cl)c2C1c1ccc2c(c1)OCO2. The molecule has 0 aliphatic carbocycles. The number of aromatic amines is 1. The molecular weight excluding hydrogens is 380 g/mol. The van der Waals surface area contributed by atoms with Crippen LogP contribution in [0.3, 0.4) is 0 Å². The second-order valence-corrected chi connectivity index (χ2v) is 6.87. The molecule has 2 unspecified atom stereocenters. The highest BCUT2D eigenvalue weighted by molar-refractivity contribution is 6.33. The predicted molar refractivity (Wildman–Crippen MR) is 101 cm³/mol. The van der Waals surface area contributed by atoms with Crippen LogP contribution >= 0.6 is 11.6 Å². The van der Waals surface area contributed by atoms with Gasteiger partial charge in [-0.2, -0.15) is 5.26 Å².